The monoisotopic (exact) mass is 394 g/mol. The van der Waals surface area contributed by atoms with Gasteiger partial charge in [0.05, 0.1) is 5.56 Å². The number of carbonyl (C=O) groups excluding carboxylic acids is 1. The quantitative estimate of drug-likeness (QED) is 0.448. The van der Waals surface area contributed by atoms with E-state index >= 15 is 0 Å². The van der Waals surface area contributed by atoms with Crippen molar-refractivity contribution in [2.45, 2.75) is 23.9 Å². The second kappa shape index (κ2) is 7.83. The third-order valence-electron chi connectivity index (χ3n) is 3.38. The summed E-state index contributed by atoms with van der Waals surface area (Å²) in [4.78, 5) is 12.0. The van der Waals surface area contributed by atoms with Crippen molar-refractivity contribution in [2.24, 2.45) is 0 Å². The fourth-order valence-electron chi connectivity index (χ4n) is 2.21. The molecular weight excluding hydrogens is 381 g/mol. The van der Waals surface area contributed by atoms with Gasteiger partial charge in [-0.3, -0.25) is 0 Å². The lowest BCUT2D eigenvalue weighted by atomic mass is 10.1. The van der Waals surface area contributed by atoms with Gasteiger partial charge >= 0.3 is 11.5 Å². The van der Waals surface area contributed by atoms with Gasteiger partial charge in [-0.2, -0.15) is 13.2 Å². The van der Waals surface area contributed by atoms with Crippen molar-refractivity contribution in [1.29, 1.82) is 0 Å². The highest BCUT2D eigenvalue weighted by atomic mass is 32.2. The van der Waals surface area contributed by atoms with Crippen LogP contribution in [0.1, 0.15) is 21.8 Å². The normalized spacial score (nSPS) is 11.4. The predicted molar refractivity (Wildman–Crippen MR) is 91.9 cm³/mol. The number of hydrogen-bond acceptors (Lipinski definition) is 6. The van der Waals surface area contributed by atoms with Crippen LogP contribution in [-0.2, 0) is 11.3 Å². The van der Waals surface area contributed by atoms with Gasteiger partial charge in [-0.15, -0.1) is 10.2 Å². The molecule has 0 radical (unpaired) electrons. The van der Waals surface area contributed by atoms with Gasteiger partial charge in [0.1, 0.15) is 0 Å². The summed E-state index contributed by atoms with van der Waals surface area (Å²) >= 11 is -0.252. The van der Waals surface area contributed by atoms with Gasteiger partial charge in [0.2, 0.25) is 5.89 Å². The summed E-state index contributed by atoms with van der Waals surface area (Å²) in [5.41, 5.74) is -2.47. The molecular formula is C18H13F3N2O3S. The molecule has 5 nitrogen and oxygen atoms in total. The van der Waals surface area contributed by atoms with Gasteiger partial charge < -0.3 is 9.15 Å². The average Bonchev–Trinajstić information content (AvgIpc) is 3.08. The zero-order valence-electron chi connectivity index (χ0n) is 14.0. The predicted octanol–water partition coefficient (Wildman–Crippen LogP) is 5.01. The maximum Gasteiger partial charge on any atom is 0.446 e. The standard InChI is InChI=1S/C18H13F3N2O3S/c1-11-3-2-4-13(9-11)16-23-22-15(26-16)10-25-17(24)12-5-7-14(8-6-12)27-18(19,20)21/h2-9H,10H2,1H3. The zero-order valence-corrected chi connectivity index (χ0v) is 14.8. The lowest BCUT2D eigenvalue weighted by Crippen LogP contribution is -2.05. The van der Waals surface area contributed by atoms with E-state index in [1.165, 1.54) is 24.3 Å². The molecule has 0 aliphatic carbocycles. The van der Waals surface area contributed by atoms with E-state index in [1.54, 1.807) is 0 Å². The van der Waals surface area contributed by atoms with Crippen molar-refractivity contribution >= 4 is 17.7 Å². The first-order valence-electron chi connectivity index (χ1n) is 7.72. The molecule has 0 aliphatic rings. The van der Waals surface area contributed by atoms with Crippen LogP contribution in [0, 0.1) is 6.92 Å². The van der Waals surface area contributed by atoms with Crippen LogP contribution in [0.5, 0.6) is 0 Å². The van der Waals surface area contributed by atoms with E-state index in [2.05, 4.69) is 10.2 Å². The second-order valence-electron chi connectivity index (χ2n) is 5.52. The molecule has 2 aromatic carbocycles. The summed E-state index contributed by atoms with van der Waals surface area (Å²) in [5.74, 6) is -0.281. The Hall–Kier alpha value is -2.81. The summed E-state index contributed by atoms with van der Waals surface area (Å²) in [6, 6.07) is 12.4. The van der Waals surface area contributed by atoms with Crippen LogP contribution < -0.4 is 0 Å². The zero-order chi connectivity index (χ0) is 19.4. The van der Waals surface area contributed by atoms with Crippen LogP contribution >= 0.6 is 11.8 Å². The Bertz CT molecular complexity index is 940. The number of thioether (sulfide) groups is 1. The van der Waals surface area contributed by atoms with Gasteiger partial charge in [-0.05, 0) is 55.1 Å². The van der Waals surface area contributed by atoms with Crippen molar-refractivity contribution < 1.29 is 27.1 Å². The number of hydrogen-bond donors (Lipinski definition) is 0. The largest absolute Gasteiger partial charge is 0.452 e. The maximum absolute atomic E-state index is 12.3. The van der Waals surface area contributed by atoms with Crippen LogP contribution in [0.25, 0.3) is 11.5 Å². The van der Waals surface area contributed by atoms with Crippen molar-refractivity contribution in [3.8, 4) is 11.5 Å². The molecule has 0 bridgehead atoms. The van der Waals surface area contributed by atoms with Crippen LogP contribution in [0.15, 0.2) is 57.8 Å². The summed E-state index contributed by atoms with van der Waals surface area (Å²) in [6.07, 6.45) is 0. The molecule has 9 heteroatoms. The highest BCUT2D eigenvalue weighted by Crippen LogP contribution is 2.36. The molecule has 0 saturated carbocycles. The van der Waals surface area contributed by atoms with Crippen molar-refractivity contribution in [2.75, 3.05) is 0 Å². The highest BCUT2D eigenvalue weighted by molar-refractivity contribution is 8.00. The molecule has 1 aromatic heterocycles. The van der Waals surface area contributed by atoms with E-state index in [9.17, 15) is 18.0 Å². The number of rotatable bonds is 5. The minimum absolute atomic E-state index is 0.0150. The lowest BCUT2D eigenvalue weighted by molar-refractivity contribution is -0.0328. The number of aryl methyl sites for hydroxylation is 1. The summed E-state index contributed by atoms with van der Waals surface area (Å²) in [7, 11) is 0. The van der Waals surface area contributed by atoms with E-state index in [4.69, 9.17) is 9.15 Å². The van der Waals surface area contributed by atoms with Gasteiger partial charge in [-0.25, -0.2) is 4.79 Å². The number of halogens is 3. The number of benzene rings is 2. The summed E-state index contributed by atoms with van der Waals surface area (Å²) in [5, 5.41) is 7.73. The van der Waals surface area contributed by atoms with E-state index < -0.39 is 11.5 Å². The molecule has 0 spiro atoms. The smallest absolute Gasteiger partial charge is 0.446 e. The second-order valence-corrected chi connectivity index (χ2v) is 6.66. The topological polar surface area (TPSA) is 65.2 Å². The Morgan fingerprint density at radius 1 is 1.15 bits per heavy atom. The Labute approximate surface area is 156 Å². The minimum Gasteiger partial charge on any atom is -0.452 e. The Kier molecular flexibility index (Phi) is 5.50. The van der Waals surface area contributed by atoms with E-state index in [0.717, 1.165) is 11.1 Å². The minimum atomic E-state index is -4.38. The molecule has 0 fully saturated rings. The first kappa shape index (κ1) is 19.0. The fourth-order valence-corrected chi connectivity index (χ4v) is 2.75. The number of alkyl halides is 3. The fraction of sp³-hybridized carbons (Fsp3) is 0.167. The molecule has 0 atom stereocenters. The van der Waals surface area contributed by atoms with Crippen molar-refractivity contribution in [3.05, 3.63) is 65.5 Å². The molecule has 0 saturated heterocycles. The Morgan fingerprint density at radius 2 is 1.89 bits per heavy atom. The van der Waals surface area contributed by atoms with Gasteiger partial charge in [0, 0.05) is 10.5 Å². The molecule has 0 N–H and O–H groups in total. The van der Waals surface area contributed by atoms with Crippen LogP contribution in [0.2, 0.25) is 0 Å². The highest BCUT2D eigenvalue weighted by Gasteiger charge is 2.29. The third-order valence-corrected chi connectivity index (χ3v) is 4.12. The summed E-state index contributed by atoms with van der Waals surface area (Å²) < 4.78 is 47.4. The maximum atomic E-state index is 12.3. The molecule has 3 rings (SSSR count). The Morgan fingerprint density at radius 3 is 2.56 bits per heavy atom. The molecule has 0 aliphatic heterocycles. The van der Waals surface area contributed by atoms with Gasteiger partial charge in [-0.1, -0.05) is 17.7 Å². The van der Waals surface area contributed by atoms with Gasteiger partial charge in [0.25, 0.3) is 5.89 Å². The first-order valence-corrected chi connectivity index (χ1v) is 8.54. The Balaban J connectivity index is 1.59. The lowest BCUT2D eigenvalue weighted by Gasteiger charge is -2.06. The number of esters is 1. The van der Waals surface area contributed by atoms with Crippen molar-refractivity contribution in [1.82, 2.24) is 10.2 Å². The molecule has 140 valence electrons. The number of nitrogens with zero attached hydrogens (tertiary/aromatic N) is 2. The van der Waals surface area contributed by atoms with E-state index in [-0.39, 0.29) is 34.7 Å². The number of carbonyl (C=O) groups is 1. The van der Waals surface area contributed by atoms with E-state index in [0.29, 0.717) is 5.89 Å². The number of aromatic nitrogens is 2. The van der Waals surface area contributed by atoms with Crippen LogP contribution in [0.4, 0.5) is 13.2 Å². The average molecular weight is 394 g/mol. The molecule has 27 heavy (non-hydrogen) atoms. The van der Waals surface area contributed by atoms with Gasteiger partial charge in [0.15, 0.2) is 6.61 Å². The van der Waals surface area contributed by atoms with Crippen LogP contribution in [-0.4, -0.2) is 21.7 Å². The van der Waals surface area contributed by atoms with Crippen molar-refractivity contribution in [3.63, 3.8) is 0 Å². The first-order chi connectivity index (χ1) is 12.8. The molecule has 3 aromatic rings. The molecule has 0 unspecified atom stereocenters. The summed E-state index contributed by atoms with van der Waals surface area (Å²) in [6.45, 7) is 1.69. The van der Waals surface area contributed by atoms with Crippen LogP contribution in [0.3, 0.4) is 0 Å². The number of ether oxygens (including phenoxy) is 1. The van der Waals surface area contributed by atoms with E-state index in [1.807, 2.05) is 31.2 Å². The molecule has 0 amide bonds. The molecule has 1 heterocycles. The third kappa shape index (κ3) is 5.33. The SMILES string of the molecule is Cc1cccc(-c2nnc(COC(=O)c3ccc(SC(F)(F)F)cc3)o2)c1.